The van der Waals surface area contributed by atoms with Gasteiger partial charge in [0, 0.05) is 6.07 Å². The molecule has 1 N–H and O–H groups in total. The minimum Gasteiger partial charge on any atom is -0.492 e. The number of para-hydroxylation sites is 2. The van der Waals surface area contributed by atoms with Gasteiger partial charge in [0.25, 0.3) is 11.7 Å². The lowest BCUT2D eigenvalue weighted by atomic mass is 10.2. The quantitative estimate of drug-likeness (QED) is 0.559. The van der Waals surface area contributed by atoms with Gasteiger partial charge in [0.15, 0.2) is 11.9 Å². The molecule has 2 heterocycles. The molecular formula is C19H20N4O6. The van der Waals surface area contributed by atoms with Crippen LogP contribution in [0.15, 0.2) is 36.4 Å². The zero-order chi connectivity index (χ0) is 21.0. The summed E-state index contributed by atoms with van der Waals surface area (Å²) >= 11 is 0. The van der Waals surface area contributed by atoms with Gasteiger partial charge in [-0.25, -0.2) is 0 Å². The van der Waals surface area contributed by atoms with Crippen LogP contribution in [-0.4, -0.2) is 41.0 Å². The van der Waals surface area contributed by atoms with E-state index in [9.17, 15) is 19.7 Å². The van der Waals surface area contributed by atoms with Gasteiger partial charge < -0.3 is 24.9 Å². The first-order chi connectivity index (χ1) is 13.9. The molecule has 1 aliphatic heterocycles. The summed E-state index contributed by atoms with van der Waals surface area (Å²) in [5.41, 5.74) is 0.458. The first-order valence-corrected chi connectivity index (χ1v) is 9.09. The average Bonchev–Trinajstić information content (AvgIpc) is 2.71. The predicted molar refractivity (Wildman–Crippen MR) is 104 cm³/mol. The number of hydrogen-bond acceptors (Lipinski definition) is 7. The number of aromatic nitrogens is 1. The summed E-state index contributed by atoms with van der Waals surface area (Å²) in [6.45, 7) is 3.64. The van der Waals surface area contributed by atoms with Gasteiger partial charge in [0.1, 0.15) is 12.3 Å². The minimum absolute atomic E-state index is 0.0536. The topological polar surface area (TPSA) is 124 Å². The van der Waals surface area contributed by atoms with Gasteiger partial charge in [-0.15, -0.1) is 0 Å². The van der Waals surface area contributed by atoms with Crippen molar-refractivity contribution in [3.05, 3.63) is 46.5 Å². The Labute approximate surface area is 166 Å². The second-order valence-corrected chi connectivity index (χ2v) is 6.16. The van der Waals surface area contributed by atoms with Crippen LogP contribution < -0.4 is 19.7 Å². The number of benzene rings is 1. The highest BCUT2D eigenvalue weighted by Gasteiger charge is 2.39. The van der Waals surface area contributed by atoms with Crippen LogP contribution in [0.1, 0.15) is 20.3 Å². The molecular weight excluding hydrogens is 380 g/mol. The van der Waals surface area contributed by atoms with Crippen molar-refractivity contribution in [2.75, 3.05) is 23.4 Å². The normalized spacial score (nSPS) is 15.3. The summed E-state index contributed by atoms with van der Waals surface area (Å²) in [5, 5.41) is 13.8. The monoisotopic (exact) mass is 400 g/mol. The van der Waals surface area contributed by atoms with E-state index in [1.54, 1.807) is 31.2 Å². The number of nitrogens with one attached hydrogen (secondary N) is 1. The maximum atomic E-state index is 12.7. The molecule has 0 fully saturated rings. The number of pyridine rings is 1. The lowest BCUT2D eigenvalue weighted by molar-refractivity contribution is -0.389. The molecule has 152 valence electrons. The Bertz CT molecular complexity index is 948. The van der Waals surface area contributed by atoms with E-state index in [1.807, 2.05) is 6.92 Å². The summed E-state index contributed by atoms with van der Waals surface area (Å²) in [6.07, 6.45) is -0.421. The van der Waals surface area contributed by atoms with Gasteiger partial charge in [0.05, 0.1) is 12.3 Å². The molecule has 2 aromatic rings. The summed E-state index contributed by atoms with van der Waals surface area (Å²) in [7, 11) is 0. The maximum absolute atomic E-state index is 12.7. The van der Waals surface area contributed by atoms with Crippen molar-refractivity contribution >= 4 is 29.1 Å². The van der Waals surface area contributed by atoms with E-state index in [0.717, 1.165) is 4.90 Å². The number of carbonyl (C=O) groups excluding carboxylic acids is 2. The lowest BCUT2D eigenvalue weighted by Gasteiger charge is -2.30. The molecule has 29 heavy (non-hydrogen) atoms. The number of fused-ring (bicyclic) bond motifs is 1. The molecule has 10 nitrogen and oxygen atoms in total. The van der Waals surface area contributed by atoms with E-state index >= 15 is 0 Å². The van der Waals surface area contributed by atoms with Gasteiger partial charge in [-0.05, 0) is 41.5 Å². The Hall–Kier alpha value is -3.69. The van der Waals surface area contributed by atoms with E-state index in [4.69, 9.17) is 9.47 Å². The SMILES string of the molecule is CCOc1ccccc1NC(=O)CN1C(=O)C(CC)Oc2ccc([N+](=O)[O-])nc21. The number of rotatable bonds is 7. The van der Waals surface area contributed by atoms with Crippen molar-refractivity contribution in [1.82, 2.24) is 4.98 Å². The number of ether oxygens (including phenoxy) is 2. The Morgan fingerprint density at radius 3 is 2.76 bits per heavy atom. The molecule has 1 atom stereocenters. The second-order valence-electron chi connectivity index (χ2n) is 6.16. The Balaban J connectivity index is 1.87. The van der Waals surface area contributed by atoms with Gasteiger partial charge in [-0.1, -0.05) is 19.1 Å². The smallest absolute Gasteiger partial charge is 0.366 e. The Morgan fingerprint density at radius 1 is 1.31 bits per heavy atom. The van der Waals surface area contributed by atoms with Crippen molar-refractivity contribution < 1.29 is 24.0 Å². The molecule has 0 aliphatic carbocycles. The van der Waals surface area contributed by atoms with Crippen LogP contribution in [-0.2, 0) is 9.59 Å². The minimum atomic E-state index is -0.797. The standard InChI is InChI=1S/C19H20N4O6/c1-3-13-19(25)22(18-15(29-13)9-10-16(21-18)23(26)27)11-17(24)20-12-7-5-6-8-14(12)28-4-2/h5-10,13H,3-4,11H2,1-2H3,(H,20,24). The molecule has 2 amide bonds. The summed E-state index contributed by atoms with van der Waals surface area (Å²) in [6, 6.07) is 9.48. The maximum Gasteiger partial charge on any atom is 0.366 e. The van der Waals surface area contributed by atoms with Crippen LogP contribution >= 0.6 is 0 Å². The van der Waals surface area contributed by atoms with Crippen molar-refractivity contribution in [2.45, 2.75) is 26.4 Å². The van der Waals surface area contributed by atoms with E-state index in [1.165, 1.54) is 12.1 Å². The highest BCUT2D eigenvalue weighted by molar-refractivity contribution is 6.05. The van der Waals surface area contributed by atoms with Crippen molar-refractivity contribution in [3.63, 3.8) is 0 Å². The number of carbonyl (C=O) groups is 2. The number of nitrogens with zero attached hydrogens (tertiary/aromatic N) is 3. The molecule has 1 aliphatic rings. The largest absolute Gasteiger partial charge is 0.492 e. The van der Waals surface area contributed by atoms with Crippen LogP contribution in [0.25, 0.3) is 0 Å². The molecule has 10 heteroatoms. The van der Waals surface area contributed by atoms with Crippen molar-refractivity contribution in [2.24, 2.45) is 0 Å². The van der Waals surface area contributed by atoms with E-state index < -0.39 is 28.7 Å². The van der Waals surface area contributed by atoms with Crippen molar-refractivity contribution in [1.29, 1.82) is 0 Å². The van der Waals surface area contributed by atoms with Crippen LogP contribution in [0, 0.1) is 10.1 Å². The number of anilines is 2. The molecule has 0 saturated carbocycles. The third-order valence-corrected chi connectivity index (χ3v) is 4.21. The fourth-order valence-corrected chi connectivity index (χ4v) is 2.89. The fourth-order valence-electron chi connectivity index (χ4n) is 2.89. The van der Waals surface area contributed by atoms with E-state index in [0.29, 0.717) is 24.5 Å². The molecule has 0 spiro atoms. The highest BCUT2D eigenvalue weighted by atomic mass is 16.6. The molecule has 0 radical (unpaired) electrons. The highest BCUT2D eigenvalue weighted by Crippen LogP contribution is 2.34. The summed E-state index contributed by atoms with van der Waals surface area (Å²) in [5.74, 6) is -0.770. The predicted octanol–water partition coefficient (Wildman–Crippen LogP) is 2.53. The number of nitro groups is 1. The fraction of sp³-hybridized carbons (Fsp3) is 0.316. The van der Waals surface area contributed by atoms with Crippen LogP contribution in [0.3, 0.4) is 0 Å². The first kappa shape index (κ1) is 20.1. The molecule has 1 aromatic carbocycles. The Kier molecular flexibility index (Phi) is 5.91. The Morgan fingerprint density at radius 2 is 2.07 bits per heavy atom. The van der Waals surface area contributed by atoms with Crippen molar-refractivity contribution in [3.8, 4) is 11.5 Å². The zero-order valence-electron chi connectivity index (χ0n) is 16.0. The lowest BCUT2D eigenvalue weighted by Crippen LogP contribution is -2.49. The van der Waals surface area contributed by atoms with Crippen LogP contribution in [0.4, 0.5) is 17.3 Å². The second kappa shape index (κ2) is 8.55. The van der Waals surface area contributed by atoms with Gasteiger partial charge >= 0.3 is 5.82 Å². The van der Waals surface area contributed by atoms with Gasteiger partial charge in [-0.2, -0.15) is 0 Å². The van der Waals surface area contributed by atoms with Crippen LogP contribution in [0.2, 0.25) is 0 Å². The third-order valence-electron chi connectivity index (χ3n) is 4.21. The number of amides is 2. The van der Waals surface area contributed by atoms with Gasteiger partial charge in [-0.3, -0.25) is 14.5 Å². The van der Waals surface area contributed by atoms with Crippen LogP contribution in [0.5, 0.6) is 11.5 Å². The molecule has 3 rings (SSSR count). The molecule has 1 aromatic heterocycles. The molecule has 0 bridgehead atoms. The summed E-state index contributed by atoms with van der Waals surface area (Å²) in [4.78, 5) is 40.8. The first-order valence-electron chi connectivity index (χ1n) is 9.09. The number of hydrogen-bond donors (Lipinski definition) is 1. The average molecular weight is 400 g/mol. The molecule has 1 unspecified atom stereocenters. The van der Waals surface area contributed by atoms with Gasteiger partial charge in [0.2, 0.25) is 5.91 Å². The zero-order valence-corrected chi connectivity index (χ0v) is 16.0. The molecule has 0 saturated heterocycles. The van der Waals surface area contributed by atoms with E-state index in [-0.39, 0.29) is 18.1 Å². The summed E-state index contributed by atoms with van der Waals surface area (Å²) < 4.78 is 11.1. The van der Waals surface area contributed by atoms with E-state index in [2.05, 4.69) is 10.3 Å². The third kappa shape index (κ3) is 4.26.